The Morgan fingerprint density at radius 2 is 1.48 bits per heavy atom. The van der Waals surface area contributed by atoms with E-state index in [4.69, 9.17) is 5.26 Å². The number of hydrogen-bond donors (Lipinski definition) is 0. The van der Waals surface area contributed by atoms with Gasteiger partial charge in [-0.05, 0) is 54.1 Å². The number of halogens is 1. The van der Waals surface area contributed by atoms with Gasteiger partial charge in [0.2, 0.25) is 0 Å². The smallest absolute Gasteiger partial charge is 0.268 e. The summed E-state index contributed by atoms with van der Waals surface area (Å²) in [6.45, 7) is 0. The van der Waals surface area contributed by atoms with E-state index >= 15 is 0 Å². The molecule has 0 saturated carbocycles. The van der Waals surface area contributed by atoms with Gasteiger partial charge in [0.05, 0.1) is 27.8 Å². The summed E-state index contributed by atoms with van der Waals surface area (Å²) in [7, 11) is 0. The summed E-state index contributed by atoms with van der Waals surface area (Å²) in [6, 6.07) is 23.0. The van der Waals surface area contributed by atoms with Crippen molar-refractivity contribution in [2.45, 2.75) is 4.90 Å². The highest BCUT2D eigenvalue weighted by atomic mass is 32.2. The van der Waals surface area contributed by atoms with E-state index in [-0.39, 0.29) is 10.5 Å². The summed E-state index contributed by atoms with van der Waals surface area (Å²) >= 11 is 1.20. The van der Waals surface area contributed by atoms with Gasteiger partial charge in [0, 0.05) is 4.90 Å². The Hall–Kier alpha value is -3.69. The van der Waals surface area contributed by atoms with Crippen molar-refractivity contribution in [1.82, 2.24) is 0 Å². The van der Waals surface area contributed by atoms with Gasteiger partial charge in [0.25, 0.3) is 11.8 Å². The monoisotopic (exact) mass is 400 g/mol. The molecular weight excluding hydrogens is 387 g/mol. The van der Waals surface area contributed by atoms with Crippen LogP contribution in [0.1, 0.15) is 11.1 Å². The van der Waals surface area contributed by atoms with E-state index < -0.39 is 17.6 Å². The Labute approximate surface area is 170 Å². The van der Waals surface area contributed by atoms with E-state index in [1.807, 2.05) is 36.4 Å². The van der Waals surface area contributed by atoms with Crippen LogP contribution in [0.5, 0.6) is 0 Å². The van der Waals surface area contributed by atoms with Crippen LogP contribution >= 0.6 is 11.8 Å². The highest BCUT2D eigenvalue weighted by Gasteiger charge is 2.40. The molecule has 0 bridgehead atoms. The number of amides is 2. The molecule has 1 aliphatic heterocycles. The molecule has 4 rings (SSSR count). The molecule has 1 aliphatic rings. The van der Waals surface area contributed by atoms with E-state index in [1.54, 1.807) is 24.3 Å². The highest BCUT2D eigenvalue weighted by Crippen LogP contribution is 2.41. The predicted molar refractivity (Wildman–Crippen MR) is 109 cm³/mol. The van der Waals surface area contributed by atoms with E-state index in [1.165, 1.54) is 36.0 Å². The Kier molecular flexibility index (Phi) is 4.98. The van der Waals surface area contributed by atoms with E-state index in [9.17, 15) is 14.0 Å². The molecule has 0 unspecified atom stereocenters. The molecular formula is C23H13FN2O2S. The van der Waals surface area contributed by atoms with Crippen LogP contribution in [0.3, 0.4) is 0 Å². The van der Waals surface area contributed by atoms with Gasteiger partial charge in [-0.2, -0.15) is 5.26 Å². The van der Waals surface area contributed by atoms with Crippen LogP contribution in [0, 0.1) is 17.1 Å². The lowest BCUT2D eigenvalue weighted by Crippen LogP contribution is -2.31. The van der Waals surface area contributed by atoms with Crippen LogP contribution < -0.4 is 4.90 Å². The molecule has 0 spiro atoms. The summed E-state index contributed by atoms with van der Waals surface area (Å²) in [5.41, 5.74) is 1.51. The molecule has 0 atom stereocenters. The molecule has 6 heteroatoms. The van der Waals surface area contributed by atoms with Gasteiger partial charge in [-0.25, -0.2) is 9.29 Å². The average molecular weight is 400 g/mol. The number of anilines is 1. The lowest BCUT2D eigenvalue weighted by molar-refractivity contribution is -0.119. The fourth-order valence-corrected chi connectivity index (χ4v) is 4.02. The first-order chi connectivity index (χ1) is 14.1. The number of thioether (sulfide) groups is 1. The number of carbonyl (C=O) groups excluding carboxylic acids is 2. The second-order valence-electron chi connectivity index (χ2n) is 6.23. The minimum Gasteiger partial charge on any atom is -0.268 e. The largest absolute Gasteiger partial charge is 0.272 e. The maximum absolute atomic E-state index is 13.4. The van der Waals surface area contributed by atoms with Gasteiger partial charge >= 0.3 is 0 Å². The number of rotatable bonds is 4. The zero-order valence-electron chi connectivity index (χ0n) is 15.0. The molecule has 3 aromatic carbocycles. The topological polar surface area (TPSA) is 61.2 Å². The lowest BCUT2D eigenvalue weighted by atomic mass is 10.1. The van der Waals surface area contributed by atoms with E-state index in [2.05, 4.69) is 0 Å². The Morgan fingerprint density at radius 1 is 0.828 bits per heavy atom. The molecule has 2 amide bonds. The molecule has 1 heterocycles. The first-order valence-corrected chi connectivity index (χ1v) is 9.52. The van der Waals surface area contributed by atoms with Crippen LogP contribution in [0.15, 0.2) is 88.7 Å². The maximum atomic E-state index is 13.4. The van der Waals surface area contributed by atoms with Crippen molar-refractivity contribution < 1.29 is 14.0 Å². The zero-order valence-corrected chi connectivity index (χ0v) is 15.8. The molecule has 4 nitrogen and oxygen atoms in total. The Bertz CT molecular complexity index is 1160. The fraction of sp³-hybridized carbons (Fsp3) is 0. The third kappa shape index (κ3) is 3.56. The minimum atomic E-state index is -0.482. The van der Waals surface area contributed by atoms with Gasteiger partial charge in [-0.15, -0.1) is 0 Å². The molecule has 0 saturated heterocycles. The molecule has 0 radical (unpaired) electrons. The van der Waals surface area contributed by atoms with Crippen LogP contribution in [0.4, 0.5) is 10.1 Å². The number of nitrogens with zero attached hydrogens (tertiary/aromatic N) is 2. The summed E-state index contributed by atoms with van der Waals surface area (Å²) in [4.78, 5) is 28.6. The van der Waals surface area contributed by atoms with E-state index in [0.717, 1.165) is 9.80 Å². The third-order valence-corrected chi connectivity index (χ3v) is 5.48. The first-order valence-electron chi connectivity index (χ1n) is 8.70. The van der Waals surface area contributed by atoms with Gasteiger partial charge in [-0.3, -0.25) is 9.59 Å². The summed E-state index contributed by atoms with van der Waals surface area (Å²) in [5.74, 6) is -1.36. The van der Waals surface area contributed by atoms with Crippen molar-refractivity contribution in [2.75, 3.05) is 4.90 Å². The second kappa shape index (κ2) is 7.74. The molecule has 140 valence electrons. The number of benzene rings is 3. The van der Waals surface area contributed by atoms with Gasteiger partial charge in [0.15, 0.2) is 0 Å². The predicted octanol–water partition coefficient (Wildman–Crippen LogP) is 4.77. The molecule has 3 aromatic rings. The SMILES string of the molecule is N#Cc1ccc(N2C(=O)C(Sc3ccccc3)=C(c3ccc(F)cc3)C2=O)cc1. The molecule has 29 heavy (non-hydrogen) atoms. The van der Waals surface area contributed by atoms with Gasteiger partial charge < -0.3 is 0 Å². The molecule has 0 aliphatic carbocycles. The van der Waals surface area contributed by atoms with Crippen molar-refractivity contribution in [3.05, 3.63) is 101 Å². The molecule has 0 aromatic heterocycles. The number of imide groups is 1. The van der Waals surface area contributed by atoms with Crippen LogP contribution in [-0.2, 0) is 9.59 Å². The van der Waals surface area contributed by atoms with Crippen molar-refractivity contribution in [3.63, 3.8) is 0 Å². The van der Waals surface area contributed by atoms with Crippen LogP contribution in [-0.4, -0.2) is 11.8 Å². The third-order valence-electron chi connectivity index (χ3n) is 4.39. The van der Waals surface area contributed by atoms with Crippen molar-refractivity contribution in [3.8, 4) is 6.07 Å². The van der Waals surface area contributed by atoms with Crippen molar-refractivity contribution in [1.29, 1.82) is 5.26 Å². The second-order valence-corrected chi connectivity index (χ2v) is 7.31. The zero-order chi connectivity index (χ0) is 20.4. The summed E-state index contributed by atoms with van der Waals surface area (Å²) < 4.78 is 13.4. The average Bonchev–Trinajstić information content (AvgIpc) is 2.99. The standard InChI is InChI=1S/C23H13FN2O2S/c24-17-10-8-16(9-11-17)20-21(29-19-4-2-1-3-5-19)23(28)26(22(20)27)18-12-6-15(14-25)7-13-18/h1-13H. The number of carbonyl (C=O) groups is 2. The highest BCUT2D eigenvalue weighted by molar-refractivity contribution is 8.04. The minimum absolute atomic E-state index is 0.230. The fourth-order valence-electron chi connectivity index (χ4n) is 3.00. The normalized spacial score (nSPS) is 13.7. The van der Waals surface area contributed by atoms with E-state index in [0.29, 0.717) is 16.8 Å². The Balaban J connectivity index is 1.80. The molecule has 0 fully saturated rings. The Morgan fingerprint density at radius 3 is 2.10 bits per heavy atom. The quantitative estimate of drug-likeness (QED) is 0.592. The van der Waals surface area contributed by atoms with Gasteiger partial charge in [-0.1, -0.05) is 42.1 Å². The van der Waals surface area contributed by atoms with Crippen molar-refractivity contribution in [2.24, 2.45) is 0 Å². The molecule has 0 N–H and O–H groups in total. The lowest BCUT2D eigenvalue weighted by Gasteiger charge is -2.15. The maximum Gasteiger partial charge on any atom is 0.272 e. The van der Waals surface area contributed by atoms with Crippen LogP contribution in [0.2, 0.25) is 0 Å². The summed E-state index contributed by atoms with van der Waals surface area (Å²) in [5, 5.41) is 8.98. The number of nitriles is 1. The number of hydrogen-bond acceptors (Lipinski definition) is 4. The van der Waals surface area contributed by atoms with Crippen LogP contribution in [0.25, 0.3) is 5.57 Å². The first kappa shape index (κ1) is 18.7. The van der Waals surface area contributed by atoms with Gasteiger partial charge in [0.1, 0.15) is 5.82 Å². The van der Waals surface area contributed by atoms with Crippen molar-refractivity contribution >= 4 is 34.8 Å². The summed E-state index contributed by atoms with van der Waals surface area (Å²) in [6.07, 6.45) is 0.